The van der Waals surface area contributed by atoms with Crippen molar-refractivity contribution in [2.45, 2.75) is 25.8 Å². The van der Waals surface area contributed by atoms with Crippen LogP contribution in [-0.2, 0) is 6.42 Å². The van der Waals surface area contributed by atoms with Gasteiger partial charge < -0.3 is 14.5 Å². The first kappa shape index (κ1) is 18.0. The molecule has 0 unspecified atom stereocenters. The van der Waals surface area contributed by atoms with Crippen molar-refractivity contribution in [3.63, 3.8) is 0 Å². The number of rotatable bonds is 6. The fraction of sp³-hybridized carbons (Fsp3) is 0.217. The number of ether oxygens (including phenoxy) is 1. The fourth-order valence-electron chi connectivity index (χ4n) is 3.25. The highest BCUT2D eigenvalue weighted by Crippen LogP contribution is 2.25. The Hall–Kier alpha value is -3.34. The van der Waals surface area contributed by atoms with Crippen LogP contribution < -0.4 is 10.1 Å². The van der Waals surface area contributed by atoms with E-state index in [0.29, 0.717) is 5.71 Å². The van der Waals surface area contributed by atoms with E-state index in [0.717, 1.165) is 34.9 Å². The lowest BCUT2D eigenvalue weighted by atomic mass is 10.1. The molecule has 5 nitrogen and oxygen atoms in total. The maximum absolute atomic E-state index is 12.6. The average molecular weight is 374 g/mol. The van der Waals surface area contributed by atoms with Crippen LogP contribution in [0.2, 0.25) is 0 Å². The molecule has 0 saturated carbocycles. The lowest BCUT2D eigenvalue weighted by Crippen LogP contribution is -2.32. The molecule has 4 rings (SSSR count). The molecule has 5 heteroatoms. The third-order valence-corrected chi connectivity index (χ3v) is 4.82. The zero-order valence-corrected chi connectivity index (χ0v) is 15.9. The van der Waals surface area contributed by atoms with Gasteiger partial charge in [-0.15, -0.1) is 0 Å². The van der Waals surface area contributed by atoms with Crippen LogP contribution >= 0.6 is 0 Å². The fourth-order valence-corrected chi connectivity index (χ4v) is 3.25. The highest BCUT2D eigenvalue weighted by atomic mass is 16.5. The highest BCUT2D eigenvalue weighted by Gasteiger charge is 2.16. The average Bonchev–Trinajstić information content (AvgIpc) is 3.14. The largest absolute Gasteiger partial charge is 0.497 e. The molecule has 0 bridgehead atoms. The Labute approximate surface area is 163 Å². The third kappa shape index (κ3) is 3.83. The van der Waals surface area contributed by atoms with Crippen molar-refractivity contribution in [2.75, 3.05) is 7.11 Å². The Balaban J connectivity index is 1.48. The molecule has 1 atom stereocenters. The van der Waals surface area contributed by atoms with E-state index in [2.05, 4.69) is 22.4 Å². The molecule has 28 heavy (non-hydrogen) atoms. The maximum atomic E-state index is 12.6. The smallest absolute Gasteiger partial charge is 0.287 e. The van der Waals surface area contributed by atoms with Crippen molar-refractivity contribution in [3.05, 3.63) is 72.0 Å². The predicted molar refractivity (Wildman–Crippen MR) is 110 cm³/mol. The van der Waals surface area contributed by atoms with Gasteiger partial charge in [0.2, 0.25) is 5.71 Å². The number of hydrogen-bond donors (Lipinski definition) is 1. The molecule has 0 saturated heterocycles. The van der Waals surface area contributed by atoms with E-state index in [9.17, 15) is 4.79 Å². The van der Waals surface area contributed by atoms with Crippen LogP contribution in [0.1, 0.15) is 29.5 Å². The molecule has 0 aliphatic rings. The van der Waals surface area contributed by atoms with Gasteiger partial charge >= 0.3 is 0 Å². The third-order valence-electron chi connectivity index (χ3n) is 4.82. The number of nitrogens with one attached hydrogen (secondary N) is 1. The van der Waals surface area contributed by atoms with E-state index in [1.807, 2.05) is 49.4 Å². The Kier molecular flexibility index (Phi) is 4.98. The molecule has 0 aliphatic heterocycles. The van der Waals surface area contributed by atoms with Crippen molar-refractivity contribution in [3.8, 4) is 5.75 Å². The Morgan fingerprint density at radius 1 is 1.11 bits per heavy atom. The summed E-state index contributed by atoms with van der Waals surface area (Å²) < 4.78 is 11.0. The quantitative estimate of drug-likeness (QED) is 0.529. The van der Waals surface area contributed by atoms with Crippen LogP contribution in [0.5, 0.6) is 5.75 Å². The van der Waals surface area contributed by atoms with Gasteiger partial charge in [0, 0.05) is 16.8 Å². The number of benzene rings is 2. The summed E-state index contributed by atoms with van der Waals surface area (Å²) in [7, 11) is 1.63. The van der Waals surface area contributed by atoms with Crippen LogP contribution in [0.25, 0.3) is 22.0 Å². The van der Waals surface area contributed by atoms with E-state index in [-0.39, 0.29) is 17.7 Å². The van der Waals surface area contributed by atoms with E-state index >= 15 is 0 Å². The van der Waals surface area contributed by atoms with Gasteiger partial charge in [0.25, 0.3) is 5.91 Å². The highest BCUT2D eigenvalue weighted by molar-refractivity contribution is 5.98. The summed E-state index contributed by atoms with van der Waals surface area (Å²) in [5, 5.41) is 4.74. The molecule has 1 N–H and O–H groups in total. The molecule has 2 aromatic carbocycles. The number of furan rings is 1. The second kappa shape index (κ2) is 7.72. The van der Waals surface area contributed by atoms with Crippen LogP contribution in [-0.4, -0.2) is 24.0 Å². The SMILES string of the molecule is COc1ccc2nc3oc(C(=O)N[C@H](C)CCc4ccccc4)cc3cc2c1. The minimum absolute atomic E-state index is 0.0391. The Bertz CT molecular complexity index is 1120. The topological polar surface area (TPSA) is 64.4 Å². The van der Waals surface area contributed by atoms with Crippen molar-refractivity contribution < 1.29 is 13.9 Å². The molecule has 1 amide bonds. The molecule has 4 aromatic rings. The number of nitrogens with zero attached hydrogens (tertiary/aromatic N) is 1. The molecule has 2 aromatic heterocycles. The summed E-state index contributed by atoms with van der Waals surface area (Å²) in [4.78, 5) is 17.1. The summed E-state index contributed by atoms with van der Waals surface area (Å²) in [6.07, 6.45) is 1.77. The van der Waals surface area contributed by atoms with Crippen LogP contribution in [0.15, 0.2) is 65.1 Å². The van der Waals surface area contributed by atoms with E-state index in [1.54, 1.807) is 13.2 Å². The standard InChI is InChI=1S/C23H22N2O3/c1-15(8-9-16-6-4-3-5-7-16)24-22(26)21-14-18-12-17-13-19(27-2)10-11-20(17)25-23(18)28-21/h3-7,10-15H,8-9H2,1-2H3,(H,24,26)/t15-/m1/s1. The number of amides is 1. The zero-order valence-electron chi connectivity index (χ0n) is 15.9. The van der Waals surface area contributed by atoms with Gasteiger partial charge in [-0.25, -0.2) is 4.98 Å². The number of fused-ring (bicyclic) bond motifs is 2. The molecule has 0 spiro atoms. The number of carbonyl (C=O) groups excluding carboxylic acids is 1. The second-order valence-electron chi connectivity index (χ2n) is 6.95. The van der Waals surface area contributed by atoms with Gasteiger partial charge in [-0.1, -0.05) is 30.3 Å². The minimum atomic E-state index is -0.222. The van der Waals surface area contributed by atoms with Gasteiger partial charge in [0.15, 0.2) is 5.76 Å². The summed E-state index contributed by atoms with van der Waals surface area (Å²) in [6.45, 7) is 2.00. The molecule has 0 aliphatic carbocycles. The van der Waals surface area contributed by atoms with Crippen LogP contribution in [0, 0.1) is 0 Å². The van der Waals surface area contributed by atoms with E-state index in [4.69, 9.17) is 9.15 Å². The number of aromatic nitrogens is 1. The zero-order chi connectivity index (χ0) is 19.5. The summed E-state index contributed by atoms with van der Waals surface area (Å²) in [5.74, 6) is 0.818. The second-order valence-corrected chi connectivity index (χ2v) is 6.95. The van der Waals surface area contributed by atoms with Crippen molar-refractivity contribution >= 4 is 27.9 Å². The molecule has 142 valence electrons. The Morgan fingerprint density at radius 3 is 2.71 bits per heavy atom. The van der Waals surface area contributed by atoms with Gasteiger partial charge in [0.1, 0.15) is 5.75 Å². The first-order chi connectivity index (χ1) is 13.6. The number of aryl methyl sites for hydroxylation is 1. The number of carbonyl (C=O) groups is 1. The van der Waals surface area contributed by atoms with Crippen molar-refractivity contribution in [2.24, 2.45) is 0 Å². The van der Waals surface area contributed by atoms with Gasteiger partial charge in [-0.2, -0.15) is 0 Å². The van der Waals surface area contributed by atoms with E-state index in [1.165, 1.54) is 5.56 Å². The molecular formula is C23H22N2O3. The first-order valence-corrected chi connectivity index (χ1v) is 9.35. The normalized spacial score (nSPS) is 12.2. The monoisotopic (exact) mass is 374 g/mol. The lowest BCUT2D eigenvalue weighted by molar-refractivity contribution is 0.0912. The van der Waals surface area contributed by atoms with Crippen LogP contribution in [0.4, 0.5) is 0 Å². The Morgan fingerprint density at radius 2 is 1.93 bits per heavy atom. The summed E-state index contributed by atoms with van der Waals surface area (Å²) >= 11 is 0. The predicted octanol–water partition coefficient (Wildman–Crippen LogP) is 4.74. The number of methoxy groups -OCH3 is 1. The number of hydrogen-bond acceptors (Lipinski definition) is 4. The van der Waals surface area contributed by atoms with E-state index < -0.39 is 0 Å². The molecule has 2 heterocycles. The van der Waals surface area contributed by atoms with Crippen molar-refractivity contribution in [1.29, 1.82) is 0 Å². The van der Waals surface area contributed by atoms with Gasteiger partial charge in [-0.3, -0.25) is 4.79 Å². The molecule has 0 fully saturated rings. The molecular weight excluding hydrogens is 352 g/mol. The summed E-state index contributed by atoms with van der Waals surface area (Å²) in [6, 6.07) is 19.6. The van der Waals surface area contributed by atoms with Gasteiger partial charge in [-0.05, 0) is 55.7 Å². The number of pyridine rings is 1. The van der Waals surface area contributed by atoms with Crippen molar-refractivity contribution in [1.82, 2.24) is 10.3 Å². The van der Waals surface area contributed by atoms with Crippen LogP contribution in [0.3, 0.4) is 0 Å². The lowest BCUT2D eigenvalue weighted by Gasteiger charge is -2.12. The molecule has 0 radical (unpaired) electrons. The minimum Gasteiger partial charge on any atom is -0.497 e. The maximum Gasteiger partial charge on any atom is 0.287 e. The van der Waals surface area contributed by atoms with Gasteiger partial charge in [0.05, 0.1) is 12.6 Å². The first-order valence-electron chi connectivity index (χ1n) is 9.35. The summed E-state index contributed by atoms with van der Waals surface area (Å²) in [5.41, 5.74) is 2.52.